The minimum Gasteiger partial charge on any atom is -0.481 e. The first kappa shape index (κ1) is 21.8. The fraction of sp³-hybridized carbons (Fsp3) is 0.500. The van der Waals surface area contributed by atoms with Crippen molar-refractivity contribution in [3.05, 3.63) is 29.8 Å². The van der Waals surface area contributed by atoms with Gasteiger partial charge in [0, 0.05) is 19.1 Å². The molecule has 0 radical (unpaired) electrons. The van der Waals surface area contributed by atoms with Crippen molar-refractivity contribution < 1.29 is 27.5 Å². The van der Waals surface area contributed by atoms with Crippen molar-refractivity contribution in [3.8, 4) is 17.6 Å². The monoisotopic (exact) mass is 407 g/mol. The van der Waals surface area contributed by atoms with Crippen LogP contribution in [0.15, 0.2) is 29.4 Å². The Balaban J connectivity index is 2.05. The van der Waals surface area contributed by atoms with E-state index in [4.69, 9.17) is 14.3 Å². The lowest BCUT2D eigenvalue weighted by Crippen LogP contribution is -2.47. The summed E-state index contributed by atoms with van der Waals surface area (Å²) in [7, 11) is -3.71. The summed E-state index contributed by atoms with van der Waals surface area (Å²) >= 11 is 0. The molecule has 2 rings (SSSR count). The van der Waals surface area contributed by atoms with E-state index in [1.807, 2.05) is 24.3 Å². The highest BCUT2D eigenvalue weighted by atomic mass is 32.2. The van der Waals surface area contributed by atoms with Crippen LogP contribution in [0.1, 0.15) is 39.2 Å². The number of hydrogen-bond acceptors (Lipinski definition) is 7. The number of sulfone groups is 1. The van der Waals surface area contributed by atoms with Gasteiger partial charge in [-0.15, -0.1) is 5.92 Å². The third kappa shape index (κ3) is 5.04. The summed E-state index contributed by atoms with van der Waals surface area (Å²) in [6.45, 7) is 5.18. The summed E-state index contributed by atoms with van der Waals surface area (Å²) in [5.41, 5.74) is 1.53. The van der Waals surface area contributed by atoms with Crippen molar-refractivity contribution in [2.24, 2.45) is 5.16 Å². The molecule has 0 fully saturated rings. The number of esters is 1. The molecule has 0 aromatic heterocycles. The molecule has 0 amide bonds. The molecule has 0 bridgehead atoms. The first-order chi connectivity index (χ1) is 13.2. The van der Waals surface area contributed by atoms with Gasteiger partial charge < -0.3 is 14.3 Å². The maximum Gasteiger partial charge on any atom is 0.327 e. The maximum atomic E-state index is 12.3. The van der Waals surface area contributed by atoms with E-state index in [1.165, 1.54) is 6.92 Å². The third-order valence-corrected chi connectivity index (χ3v) is 6.52. The molecule has 8 heteroatoms. The van der Waals surface area contributed by atoms with Gasteiger partial charge in [-0.2, -0.15) is 0 Å². The normalized spacial score (nSPS) is 18.1. The standard InChI is InChI=1S/C20H25NO6S/c1-5-7-12-26-16-10-8-15(9-11-16)18-13-17(27-21-18)14-20(3,28(4,23)24)19(22)25-6-2/h8-11,17H,6,12-14H2,1-4H3. The van der Waals surface area contributed by atoms with E-state index in [9.17, 15) is 13.2 Å². The van der Waals surface area contributed by atoms with Crippen molar-refractivity contribution in [2.45, 2.75) is 44.5 Å². The molecule has 0 saturated heterocycles. The number of nitrogens with zero attached hydrogens (tertiary/aromatic N) is 1. The summed E-state index contributed by atoms with van der Waals surface area (Å²) < 4.78 is 33.2. The summed E-state index contributed by atoms with van der Waals surface area (Å²) in [6, 6.07) is 7.31. The number of rotatable bonds is 8. The lowest BCUT2D eigenvalue weighted by atomic mass is 9.97. The Morgan fingerprint density at radius 1 is 1.36 bits per heavy atom. The first-order valence-electron chi connectivity index (χ1n) is 8.93. The zero-order chi connectivity index (χ0) is 20.8. The van der Waals surface area contributed by atoms with Gasteiger partial charge >= 0.3 is 5.97 Å². The highest BCUT2D eigenvalue weighted by molar-refractivity contribution is 7.92. The molecule has 0 aliphatic carbocycles. The van der Waals surface area contributed by atoms with E-state index in [0.717, 1.165) is 11.8 Å². The zero-order valence-electron chi connectivity index (χ0n) is 16.5. The van der Waals surface area contributed by atoms with Crippen LogP contribution in [0.4, 0.5) is 0 Å². The molecule has 2 unspecified atom stereocenters. The third-order valence-electron chi connectivity index (χ3n) is 4.55. The summed E-state index contributed by atoms with van der Waals surface area (Å²) in [5.74, 6) is 5.50. The topological polar surface area (TPSA) is 91.3 Å². The lowest BCUT2D eigenvalue weighted by Gasteiger charge is -2.27. The molecule has 1 aliphatic heterocycles. The lowest BCUT2D eigenvalue weighted by molar-refractivity contribution is -0.146. The van der Waals surface area contributed by atoms with Gasteiger partial charge in [-0.3, -0.25) is 4.79 Å². The van der Waals surface area contributed by atoms with Crippen molar-refractivity contribution in [1.82, 2.24) is 0 Å². The van der Waals surface area contributed by atoms with E-state index in [2.05, 4.69) is 17.0 Å². The minimum absolute atomic E-state index is 0.0332. The van der Waals surface area contributed by atoms with E-state index in [1.54, 1.807) is 13.8 Å². The number of ether oxygens (including phenoxy) is 2. The number of carbonyl (C=O) groups is 1. The second-order valence-electron chi connectivity index (χ2n) is 6.64. The van der Waals surface area contributed by atoms with E-state index >= 15 is 0 Å². The average Bonchev–Trinajstić information content (AvgIpc) is 3.10. The largest absolute Gasteiger partial charge is 0.481 e. The van der Waals surface area contributed by atoms with E-state index in [-0.39, 0.29) is 13.0 Å². The molecule has 28 heavy (non-hydrogen) atoms. The number of oxime groups is 1. The van der Waals surface area contributed by atoms with Gasteiger partial charge in [-0.1, -0.05) is 11.1 Å². The van der Waals surface area contributed by atoms with Crippen LogP contribution in [-0.4, -0.2) is 50.4 Å². The van der Waals surface area contributed by atoms with E-state index in [0.29, 0.717) is 24.5 Å². The molecule has 7 nitrogen and oxygen atoms in total. The van der Waals surface area contributed by atoms with Gasteiger partial charge in [0.2, 0.25) is 0 Å². The SMILES string of the molecule is CC#CCOc1ccc(C2=NOC(CC(C)(C(=O)OCC)S(C)(=O)=O)C2)cc1. The molecule has 1 aliphatic rings. The first-order valence-corrected chi connectivity index (χ1v) is 10.8. The fourth-order valence-corrected chi connectivity index (χ4v) is 3.60. The van der Waals surface area contributed by atoms with Gasteiger partial charge in [0.1, 0.15) is 18.5 Å². The molecule has 0 N–H and O–H groups in total. The highest BCUT2D eigenvalue weighted by Gasteiger charge is 2.48. The van der Waals surface area contributed by atoms with E-state index < -0.39 is 26.7 Å². The van der Waals surface area contributed by atoms with Gasteiger partial charge in [-0.25, -0.2) is 8.42 Å². The van der Waals surface area contributed by atoms with Gasteiger partial charge in [0.05, 0.1) is 12.3 Å². The average molecular weight is 407 g/mol. The molecule has 152 valence electrons. The van der Waals surface area contributed by atoms with Crippen LogP contribution in [0.25, 0.3) is 0 Å². The molecule has 0 spiro atoms. The van der Waals surface area contributed by atoms with Crippen LogP contribution in [0, 0.1) is 11.8 Å². The van der Waals surface area contributed by atoms with Crippen molar-refractivity contribution >= 4 is 21.5 Å². The fourth-order valence-electron chi connectivity index (χ4n) is 2.75. The predicted molar refractivity (Wildman–Crippen MR) is 106 cm³/mol. The summed E-state index contributed by atoms with van der Waals surface area (Å²) in [6.07, 6.45) is 0.859. The number of benzene rings is 1. The Hall–Kier alpha value is -2.53. The van der Waals surface area contributed by atoms with Crippen molar-refractivity contribution in [2.75, 3.05) is 19.5 Å². The highest BCUT2D eigenvalue weighted by Crippen LogP contribution is 2.30. The Labute approximate surface area is 166 Å². The van der Waals surface area contributed by atoms with Crippen LogP contribution in [0.5, 0.6) is 5.75 Å². The van der Waals surface area contributed by atoms with Gasteiger partial charge in [0.25, 0.3) is 0 Å². The molecule has 2 atom stereocenters. The zero-order valence-corrected chi connectivity index (χ0v) is 17.3. The Kier molecular flexibility index (Phi) is 7.08. The Morgan fingerprint density at radius 3 is 2.61 bits per heavy atom. The molecule has 1 aromatic carbocycles. The molecular weight excluding hydrogens is 382 g/mol. The van der Waals surface area contributed by atoms with Gasteiger partial charge in [-0.05, 0) is 50.6 Å². The van der Waals surface area contributed by atoms with Crippen LogP contribution >= 0.6 is 0 Å². The van der Waals surface area contributed by atoms with Crippen LogP contribution in [0.3, 0.4) is 0 Å². The second kappa shape index (κ2) is 9.11. The summed E-state index contributed by atoms with van der Waals surface area (Å²) in [4.78, 5) is 17.7. The maximum absolute atomic E-state index is 12.3. The molecule has 1 heterocycles. The Morgan fingerprint density at radius 2 is 2.04 bits per heavy atom. The number of carbonyl (C=O) groups excluding carboxylic acids is 1. The van der Waals surface area contributed by atoms with Crippen molar-refractivity contribution in [1.29, 1.82) is 0 Å². The quantitative estimate of drug-likeness (QED) is 0.485. The van der Waals surface area contributed by atoms with Gasteiger partial charge in [0.15, 0.2) is 14.6 Å². The van der Waals surface area contributed by atoms with Crippen LogP contribution < -0.4 is 4.74 Å². The van der Waals surface area contributed by atoms with Crippen molar-refractivity contribution in [3.63, 3.8) is 0 Å². The smallest absolute Gasteiger partial charge is 0.327 e. The van der Waals surface area contributed by atoms with Crippen LogP contribution in [-0.2, 0) is 24.2 Å². The molecular formula is C20H25NO6S. The number of hydrogen-bond donors (Lipinski definition) is 0. The predicted octanol–water partition coefficient (Wildman–Crippen LogP) is 2.34. The van der Waals surface area contributed by atoms with Crippen LogP contribution in [0.2, 0.25) is 0 Å². The summed E-state index contributed by atoms with van der Waals surface area (Å²) in [5, 5.41) is 4.07. The molecule has 1 aromatic rings. The Bertz CT molecular complexity index is 895. The molecule has 0 saturated carbocycles. The second-order valence-corrected chi connectivity index (χ2v) is 9.08. The minimum atomic E-state index is -3.71.